The van der Waals surface area contributed by atoms with Crippen LogP contribution in [0.4, 0.5) is 0 Å². The van der Waals surface area contributed by atoms with Gasteiger partial charge in [0.15, 0.2) is 0 Å². The molecule has 13 heavy (non-hydrogen) atoms. The summed E-state index contributed by atoms with van der Waals surface area (Å²) in [6, 6.07) is 0. The molecule has 1 aliphatic rings. The predicted octanol–water partition coefficient (Wildman–Crippen LogP) is 0.969. The number of cyclic esters (lactones) is 1. The van der Waals surface area contributed by atoms with E-state index in [0.717, 1.165) is 6.42 Å². The number of hydrogen-bond acceptors (Lipinski definition) is 3. The second kappa shape index (κ2) is 3.60. The number of carboxylic acids is 1. The van der Waals surface area contributed by atoms with Crippen molar-refractivity contribution in [2.45, 2.75) is 25.9 Å². The molecule has 4 nitrogen and oxygen atoms in total. The summed E-state index contributed by atoms with van der Waals surface area (Å²) in [5, 5.41) is 8.81. The van der Waals surface area contributed by atoms with Gasteiger partial charge in [-0.2, -0.15) is 0 Å². The first-order valence-electron chi connectivity index (χ1n) is 4.20. The van der Waals surface area contributed by atoms with Crippen LogP contribution in [-0.2, 0) is 14.3 Å². The molecule has 1 fully saturated rings. The third-order valence-corrected chi connectivity index (χ3v) is 2.11. The van der Waals surface area contributed by atoms with E-state index >= 15 is 0 Å². The van der Waals surface area contributed by atoms with Gasteiger partial charge in [0.1, 0.15) is 12.0 Å². The summed E-state index contributed by atoms with van der Waals surface area (Å²) in [7, 11) is 0. The Kier molecular flexibility index (Phi) is 2.70. The standard InChI is InChI=1S/C9H12O4/c1-3-4-6-7(8(10)11)5(2)9(12)13-6/h6-7H,2-4H2,1H3,(H,10,11)/t6-,7+/m0/s1. The van der Waals surface area contributed by atoms with Gasteiger partial charge in [0.05, 0.1) is 0 Å². The topological polar surface area (TPSA) is 63.6 Å². The lowest BCUT2D eigenvalue weighted by molar-refractivity contribution is -0.144. The van der Waals surface area contributed by atoms with Crippen molar-refractivity contribution >= 4 is 11.9 Å². The zero-order chi connectivity index (χ0) is 10.0. The highest BCUT2D eigenvalue weighted by Crippen LogP contribution is 2.29. The van der Waals surface area contributed by atoms with Crippen LogP contribution in [0.2, 0.25) is 0 Å². The van der Waals surface area contributed by atoms with Crippen molar-refractivity contribution in [1.29, 1.82) is 0 Å². The van der Waals surface area contributed by atoms with E-state index in [1.54, 1.807) is 0 Å². The minimum absolute atomic E-state index is 0.0611. The molecule has 72 valence electrons. The molecule has 0 spiro atoms. The molecule has 1 saturated heterocycles. The Bertz CT molecular complexity index is 256. The van der Waals surface area contributed by atoms with E-state index in [2.05, 4.69) is 6.58 Å². The number of aliphatic carboxylic acids is 1. The molecule has 0 radical (unpaired) electrons. The number of hydrogen-bond donors (Lipinski definition) is 1. The second-order valence-corrected chi connectivity index (χ2v) is 3.07. The maximum Gasteiger partial charge on any atom is 0.334 e. The molecular weight excluding hydrogens is 172 g/mol. The summed E-state index contributed by atoms with van der Waals surface area (Å²) < 4.78 is 4.87. The molecule has 1 aliphatic heterocycles. The van der Waals surface area contributed by atoms with Gasteiger partial charge in [-0.25, -0.2) is 4.79 Å². The van der Waals surface area contributed by atoms with Crippen LogP contribution in [0, 0.1) is 5.92 Å². The predicted molar refractivity (Wildman–Crippen MR) is 45.1 cm³/mol. The van der Waals surface area contributed by atoms with Crippen molar-refractivity contribution in [2.75, 3.05) is 0 Å². The van der Waals surface area contributed by atoms with Crippen molar-refractivity contribution in [3.63, 3.8) is 0 Å². The van der Waals surface area contributed by atoms with Gasteiger partial charge >= 0.3 is 11.9 Å². The minimum Gasteiger partial charge on any atom is -0.481 e. The molecule has 1 heterocycles. The number of carbonyl (C=O) groups is 2. The summed E-state index contributed by atoms with van der Waals surface area (Å²) >= 11 is 0. The average molecular weight is 184 g/mol. The monoisotopic (exact) mass is 184 g/mol. The zero-order valence-corrected chi connectivity index (χ0v) is 7.45. The SMILES string of the molecule is C=C1C(=O)O[C@@H](CCC)[C@@H]1C(=O)O. The average Bonchev–Trinajstić information content (AvgIpc) is 2.28. The molecule has 0 aromatic carbocycles. The smallest absolute Gasteiger partial charge is 0.334 e. The molecule has 0 aromatic heterocycles. The summed E-state index contributed by atoms with van der Waals surface area (Å²) in [5.74, 6) is -2.47. The van der Waals surface area contributed by atoms with Gasteiger partial charge in [-0.1, -0.05) is 19.9 Å². The van der Waals surface area contributed by atoms with Crippen LogP contribution in [0.1, 0.15) is 19.8 Å². The lowest BCUT2D eigenvalue weighted by Crippen LogP contribution is -2.24. The highest BCUT2D eigenvalue weighted by Gasteiger charge is 2.42. The van der Waals surface area contributed by atoms with Crippen LogP contribution in [-0.4, -0.2) is 23.1 Å². The van der Waals surface area contributed by atoms with E-state index in [9.17, 15) is 9.59 Å². The fourth-order valence-electron chi connectivity index (χ4n) is 1.45. The van der Waals surface area contributed by atoms with Crippen molar-refractivity contribution in [1.82, 2.24) is 0 Å². The van der Waals surface area contributed by atoms with Crippen LogP contribution >= 0.6 is 0 Å². The minimum atomic E-state index is -1.03. The third kappa shape index (κ3) is 1.71. The Balaban J connectivity index is 2.80. The van der Waals surface area contributed by atoms with Gasteiger partial charge in [-0.3, -0.25) is 4.79 Å². The summed E-state index contributed by atoms with van der Waals surface area (Å²) in [6.45, 7) is 5.33. The van der Waals surface area contributed by atoms with Crippen molar-refractivity contribution in [2.24, 2.45) is 5.92 Å². The summed E-state index contributed by atoms with van der Waals surface area (Å²) in [6.07, 6.45) is 0.832. The highest BCUT2D eigenvalue weighted by atomic mass is 16.6. The molecular formula is C9H12O4. The van der Waals surface area contributed by atoms with Gasteiger partial charge in [-0.15, -0.1) is 0 Å². The Morgan fingerprint density at radius 3 is 2.77 bits per heavy atom. The summed E-state index contributed by atoms with van der Waals surface area (Å²) in [4.78, 5) is 21.7. The Hall–Kier alpha value is -1.32. The fourth-order valence-corrected chi connectivity index (χ4v) is 1.45. The van der Waals surface area contributed by atoms with E-state index < -0.39 is 24.0 Å². The first-order valence-corrected chi connectivity index (χ1v) is 4.20. The molecule has 0 unspecified atom stereocenters. The van der Waals surface area contributed by atoms with Gasteiger partial charge in [0.25, 0.3) is 0 Å². The Morgan fingerprint density at radius 2 is 2.31 bits per heavy atom. The molecule has 1 rings (SSSR count). The van der Waals surface area contributed by atoms with Crippen molar-refractivity contribution in [3.05, 3.63) is 12.2 Å². The summed E-state index contributed by atoms with van der Waals surface area (Å²) in [5.41, 5.74) is 0.0611. The number of rotatable bonds is 3. The maximum absolute atomic E-state index is 11.0. The zero-order valence-electron chi connectivity index (χ0n) is 7.45. The number of carboxylic acid groups (broad SMARTS) is 1. The molecule has 1 N–H and O–H groups in total. The van der Waals surface area contributed by atoms with Crippen LogP contribution in [0.15, 0.2) is 12.2 Å². The first-order chi connectivity index (χ1) is 6.07. The molecule has 0 bridgehead atoms. The highest BCUT2D eigenvalue weighted by molar-refractivity contribution is 5.97. The van der Waals surface area contributed by atoms with E-state index in [1.807, 2.05) is 6.92 Å². The second-order valence-electron chi connectivity index (χ2n) is 3.07. The normalized spacial score (nSPS) is 27.5. The molecule has 0 amide bonds. The van der Waals surface area contributed by atoms with Crippen LogP contribution in [0.3, 0.4) is 0 Å². The number of esters is 1. The molecule has 0 aliphatic carbocycles. The number of ether oxygens (including phenoxy) is 1. The Morgan fingerprint density at radius 1 is 1.69 bits per heavy atom. The van der Waals surface area contributed by atoms with Gasteiger partial charge < -0.3 is 9.84 Å². The first kappa shape index (κ1) is 9.77. The van der Waals surface area contributed by atoms with Gasteiger partial charge in [0, 0.05) is 5.57 Å². The molecule has 4 heteroatoms. The van der Waals surface area contributed by atoms with Crippen LogP contribution in [0.25, 0.3) is 0 Å². The quantitative estimate of drug-likeness (QED) is 0.524. The maximum atomic E-state index is 11.0. The third-order valence-electron chi connectivity index (χ3n) is 2.11. The largest absolute Gasteiger partial charge is 0.481 e. The lowest BCUT2D eigenvalue weighted by atomic mass is 9.95. The van der Waals surface area contributed by atoms with Gasteiger partial charge in [-0.05, 0) is 6.42 Å². The van der Waals surface area contributed by atoms with Crippen molar-refractivity contribution < 1.29 is 19.4 Å². The number of carbonyl (C=O) groups excluding carboxylic acids is 1. The lowest BCUT2D eigenvalue weighted by Gasteiger charge is -2.11. The van der Waals surface area contributed by atoms with Crippen LogP contribution < -0.4 is 0 Å². The molecule has 2 atom stereocenters. The van der Waals surface area contributed by atoms with Crippen molar-refractivity contribution in [3.8, 4) is 0 Å². The molecule has 0 aromatic rings. The van der Waals surface area contributed by atoms with E-state index in [1.165, 1.54) is 0 Å². The Labute approximate surface area is 76.2 Å². The van der Waals surface area contributed by atoms with Crippen LogP contribution in [0.5, 0.6) is 0 Å². The van der Waals surface area contributed by atoms with E-state index in [4.69, 9.17) is 9.84 Å². The van der Waals surface area contributed by atoms with Gasteiger partial charge in [0.2, 0.25) is 0 Å². The van der Waals surface area contributed by atoms with E-state index in [-0.39, 0.29) is 5.57 Å². The fraction of sp³-hybridized carbons (Fsp3) is 0.556. The molecule has 0 saturated carbocycles. The van der Waals surface area contributed by atoms with E-state index in [0.29, 0.717) is 6.42 Å².